The highest BCUT2D eigenvalue weighted by molar-refractivity contribution is 5.79. The summed E-state index contributed by atoms with van der Waals surface area (Å²) < 4.78 is 21.1. The zero-order valence-corrected chi connectivity index (χ0v) is 21.6. The molecule has 12 nitrogen and oxygen atoms in total. The minimum absolute atomic E-state index is 0.0105. The molecule has 0 aliphatic carbocycles. The Morgan fingerprint density at radius 1 is 0.897 bits per heavy atom. The summed E-state index contributed by atoms with van der Waals surface area (Å²) in [4.78, 5) is 23.7. The van der Waals surface area contributed by atoms with Crippen LogP contribution in [0.15, 0.2) is 36.4 Å². The molecule has 1 aliphatic rings. The Hall–Kier alpha value is -3.42. The number of benzene rings is 2. The highest BCUT2D eigenvalue weighted by atomic mass is 16.7. The summed E-state index contributed by atoms with van der Waals surface area (Å²) in [6.07, 6.45) is -8.20. The molecule has 0 amide bonds. The lowest BCUT2D eigenvalue weighted by molar-refractivity contribution is -0.271. The number of aliphatic hydroxyl groups excluding tert-OH is 4. The van der Waals surface area contributed by atoms with E-state index in [0.717, 1.165) is 11.1 Å². The van der Waals surface area contributed by atoms with Gasteiger partial charge in [-0.2, -0.15) is 0 Å². The van der Waals surface area contributed by atoms with Crippen LogP contribution in [0.3, 0.4) is 0 Å². The number of Topliss-reactive ketones (excluding diaryl/α,β-unsaturated/α-hetero) is 1. The lowest BCUT2D eigenvalue weighted by atomic mass is 9.99. The fourth-order valence-electron chi connectivity index (χ4n) is 4.20. The molecule has 6 N–H and O–H groups in total. The van der Waals surface area contributed by atoms with E-state index in [4.69, 9.17) is 18.9 Å². The average Bonchev–Trinajstić information content (AvgIpc) is 2.91. The predicted molar refractivity (Wildman–Crippen MR) is 135 cm³/mol. The van der Waals surface area contributed by atoms with E-state index in [9.17, 15) is 40.2 Å². The van der Waals surface area contributed by atoms with E-state index in [1.54, 1.807) is 24.3 Å². The van der Waals surface area contributed by atoms with Gasteiger partial charge in [-0.05, 0) is 54.7 Å². The van der Waals surface area contributed by atoms with Crippen LogP contribution in [0.1, 0.15) is 30.4 Å². The van der Waals surface area contributed by atoms with Crippen LogP contribution in [0.25, 0.3) is 0 Å². The number of ether oxygens (including phenoxy) is 4. The third-order valence-electron chi connectivity index (χ3n) is 6.45. The van der Waals surface area contributed by atoms with Gasteiger partial charge in [-0.15, -0.1) is 0 Å². The molecule has 3 rings (SSSR count). The van der Waals surface area contributed by atoms with Crippen molar-refractivity contribution >= 4 is 11.8 Å². The molecular formula is C27H34O12. The summed E-state index contributed by atoms with van der Waals surface area (Å²) in [5.74, 6) is -0.985. The summed E-state index contributed by atoms with van der Waals surface area (Å²) in [5.41, 5.74) is 1.59. The van der Waals surface area contributed by atoms with E-state index in [2.05, 4.69) is 0 Å². The number of methoxy groups -OCH3 is 2. The number of carboxylic acids is 1. The lowest BCUT2D eigenvalue weighted by Crippen LogP contribution is -2.61. The molecule has 0 radical (unpaired) electrons. The number of aliphatic carboxylic acids is 1. The molecule has 0 saturated carbocycles. The number of aryl methyl sites for hydroxylation is 2. The van der Waals surface area contributed by atoms with Crippen LogP contribution in [0, 0.1) is 0 Å². The monoisotopic (exact) mass is 550 g/mol. The molecule has 214 valence electrons. The number of carboxylic acid groups (broad SMARTS) is 1. The lowest BCUT2D eigenvalue weighted by Gasteiger charge is -2.38. The molecule has 1 heterocycles. The average molecular weight is 551 g/mol. The largest absolute Gasteiger partial charge is 0.504 e. The van der Waals surface area contributed by atoms with Crippen LogP contribution < -0.4 is 14.2 Å². The van der Waals surface area contributed by atoms with Gasteiger partial charge in [-0.25, -0.2) is 4.79 Å². The maximum absolute atomic E-state index is 12.4. The topological polar surface area (TPSA) is 192 Å². The zero-order chi connectivity index (χ0) is 28.7. The van der Waals surface area contributed by atoms with Crippen molar-refractivity contribution in [1.29, 1.82) is 0 Å². The van der Waals surface area contributed by atoms with Crippen molar-refractivity contribution in [1.82, 2.24) is 0 Å². The fourth-order valence-corrected chi connectivity index (χ4v) is 4.20. The van der Waals surface area contributed by atoms with Gasteiger partial charge in [-0.3, -0.25) is 4.79 Å². The zero-order valence-electron chi connectivity index (χ0n) is 21.6. The van der Waals surface area contributed by atoms with Gasteiger partial charge in [0, 0.05) is 12.8 Å². The Labute approximate surface area is 224 Å². The van der Waals surface area contributed by atoms with Crippen molar-refractivity contribution in [3.8, 4) is 23.0 Å². The van der Waals surface area contributed by atoms with E-state index in [1.807, 2.05) is 0 Å². The number of aliphatic hydroxyl groups is 4. The Bertz CT molecular complexity index is 1140. The number of ketones is 1. The summed E-state index contributed by atoms with van der Waals surface area (Å²) in [6, 6.07) is 9.66. The molecule has 0 spiro atoms. The molecule has 12 heteroatoms. The molecule has 0 aromatic heterocycles. The first kappa shape index (κ1) is 30.1. The van der Waals surface area contributed by atoms with Crippen LogP contribution in [-0.2, 0) is 27.2 Å². The standard InChI is InChI=1S/C27H34O12/c1-36-20-11-14(5-9-18(20)30)3-7-16(28)13-17(29)8-4-15-6-10-19(21(12-15)37-2)38-27-24(33)22(31)23(32)25(39-27)26(34)35/h5-6,9-12,16,22-25,27-28,30-33H,3-4,7-8,13H2,1-2H3,(H,34,35). The predicted octanol–water partition coefficient (Wildman–Crippen LogP) is 0.566. The van der Waals surface area contributed by atoms with Crippen molar-refractivity contribution in [3.63, 3.8) is 0 Å². The number of phenols is 1. The second kappa shape index (κ2) is 13.6. The second-order valence-corrected chi connectivity index (χ2v) is 9.28. The summed E-state index contributed by atoms with van der Waals surface area (Å²) in [6.45, 7) is 0. The molecule has 2 aromatic carbocycles. The normalized spacial score (nSPS) is 23.6. The molecule has 2 aromatic rings. The van der Waals surface area contributed by atoms with Crippen LogP contribution in [0.4, 0.5) is 0 Å². The Morgan fingerprint density at radius 3 is 2.21 bits per heavy atom. The highest BCUT2D eigenvalue weighted by Crippen LogP contribution is 2.32. The van der Waals surface area contributed by atoms with E-state index in [1.165, 1.54) is 26.4 Å². The number of phenolic OH excluding ortho intramolecular Hbond substituents is 1. The molecule has 0 bridgehead atoms. The Balaban J connectivity index is 1.52. The van der Waals surface area contributed by atoms with Crippen LogP contribution in [0.2, 0.25) is 0 Å². The SMILES string of the molecule is COc1cc(CCC(O)CC(=O)CCc2ccc(OC3OC(C(=O)O)C(O)C(O)C3O)c(OC)c2)ccc1O. The van der Waals surface area contributed by atoms with Gasteiger partial charge in [0.2, 0.25) is 6.29 Å². The number of carbonyl (C=O) groups is 2. The van der Waals surface area contributed by atoms with Crippen molar-refractivity contribution in [2.24, 2.45) is 0 Å². The molecular weight excluding hydrogens is 516 g/mol. The van der Waals surface area contributed by atoms with Crippen molar-refractivity contribution in [2.45, 2.75) is 68.9 Å². The first-order valence-corrected chi connectivity index (χ1v) is 12.4. The number of hydrogen-bond acceptors (Lipinski definition) is 11. The van der Waals surface area contributed by atoms with Crippen LogP contribution in [0.5, 0.6) is 23.0 Å². The fraction of sp³-hybridized carbons (Fsp3) is 0.481. The number of carbonyl (C=O) groups excluding carboxylic acids is 1. The number of rotatable bonds is 13. The smallest absolute Gasteiger partial charge is 0.335 e. The molecule has 6 atom stereocenters. The number of hydrogen-bond donors (Lipinski definition) is 6. The third kappa shape index (κ3) is 7.80. The molecule has 39 heavy (non-hydrogen) atoms. The first-order chi connectivity index (χ1) is 18.5. The van der Waals surface area contributed by atoms with Gasteiger partial charge in [0.05, 0.1) is 20.3 Å². The minimum Gasteiger partial charge on any atom is -0.504 e. The van der Waals surface area contributed by atoms with Gasteiger partial charge in [0.1, 0.15) is 24.1 Å². The summed E-state index contributed by atoms with van der Waals surface area (Å²) in [5, 5.41) is 59.1. The Kier molecular flexibility index (Phi) is 10.5. The van der Waals surface area contributed by atoms with E-state index in [0.29, 0.717) is 25.0 Å². The summed E-state index contributed by atoms with van der Waals surface area (Å²) in [7, 11) is 2.82. The van der Waals surface area contributed by atoms with Crippen LogP contribution in [-0.4, -0.2) is 93.4 Å². The van der Waals surface area contributed by atoms with Gasteiger partial charge in [0.25, 0.3) is 0 Å². The van der Waals surface area contributed by atoms with E-state index in [-0.39, 0.29) is 35.9 Å². The van der Waals surface area contributed by atoms with Crippen molar-refractivity contribution in [3.05, 3.63) is 47.5 Å². The van der Waals surface area contributed by atoms with Crippen molar-refractivity contribution in [2.75, 3.05) is 14.2 Å². The third-order valence-corrected chi connectivity index (χ3v) is 6.45. The van der Waals surface area contributed by atoms with Crippen LogP contribution >= 0.6 is 0 Å². The molecule has 1 fully saturated rings. The van der Waals surface area contributed by atoms with E-state index >= 15 is 0 Å². The van der Waals surface area contributed by atoms with E-state index < -0.39 is 42.8 Å². The Morgan fingerprint density at radius 2 is 1.54 bits per heavy atom. The van der Waals surface area contributed by atoms with Crippen molar-refractivity contribution < 1.29 is 59.2 Å². The molecule has 6 unspecified atom stereocenters. The van der Waals surface area contributed by atoms with Gasteiger partial charge in [-0.1, -0.05) is 12.1 Å². The summed E-state index contributed by atoms with van der Waals surface area (Å²) >= 11 is 0. The first-order valence-electron chi connectivity index (χ1n) is 12.4. The highest BCUT2D eigenvalue weighted by Gasteiger charge is 2.48. The van der Waals surface area contributed by atoms with Gasteiger partial charge in [0.15, 0.2) is 29.1 Å². The second-order valence-electron chi connectivity index (χ2n) is 9.28. The van der Waals surface area contributed by atoms with Gasteiger partial charge >= 0.3 is 5.97 Å². The molecule has 1 saturated heterocycles. The quantitative estimate of drug-likeness (QED) is 0.203. The maximum Gasteiger partial charge on any atom is 0.335 e. The molecule has 1 aliphatic heterocycles. The number of aromatic hydroxyl groups is 1. The minimum atomic E-state index is -1.84. The maximum atomic E-state index is 12.4. The van der Waals surface area contributed by atoms with Gasteiger partial charge < -0.3 is 49.6 Å².